The lowest BCUT2D eigenvalue weighted by molar-refractivity contribution is 0.384. The second-order valence-corrected chi connectivity index (χ2v) is 13.5. The minimum atomic E-state index is -3.77. The standard InChI is InChI=1S/C28H29NO5S2/c1-19-27(33-2)22-16-10-11-17-24(36(31,32)21-14-8-5-9-15-21)23-18-35(30,20-12-6-4-7-13-20)29-26(25(22)23)28(19)34-3/h4-15,23-24H,16-18H2,1-3H3/b11-10-/t23-,24+,35?/m0/s1. The number of rotatable bonds is 5. The number of hydrogen-bond donors (Lipinski definition) is 0. The van der Waals surface area contributed by atoms with Gasteiger partial charge >= 0.3 is 0 Å². The van der Waals surface area contributed by atoms with Crippen LogP contribution in [0.2, 0.25) is 0 Å². The first kappa shape index (κ1) is 24.7. The van der Waals surface area contributed by atoms with Crippen molar-refractivity contribution in [1.29, 1.82) is 0 Å². The summed E-state index contributed by atoms with van der Waals surface area (Å²) in [5.74, 6) is 0.649. The first-order valence-electron chi connectivity index (χ1n) is 11.8. The van der Waals surface area contributed by atoms with Crippen LogP contribution in [0.1, 0.15) is 29.0 Å². The topological polar surface area (TPSA) is 88.0 Å². The van der Waals surface area contributed by atoms with E-state index in [0.717, 1.165) is 16.7 Å². The normalized spacial score (nSPS) is 24.0. The summed E-state index contributed by atoms with van der Waals surface area (Å²) in [5, 5.41) is -0.828. The summed E-state index contributed by atoms with van der Waals surface area (Å²) in [7, 11) is -3.60. The van der Waals surface area contributed by atoms with Gasteiger partial charge in [-0.1, -0.05) is 52.9 Å². The lowest BCUT2D eigenvalue weighted by atomic mass is 9.84. The van der Waals surface area contributed by atoms with Crippen LogP contribution in [0.25, 0.3) is 0 Å². The fraction of sp³-hybridized carbons (Fsp3) is 0.286. The molecule has 1 heterocycles. The zero-order valence-electron chi connectivity index (χ0n) is 20.5. The molecule has 188 valence electrons. The minimum absolute atomic E-state index is 0.0942. The van der Waals surface area contributed by atoms with Gasteiger partial charge in [-0.05, 0) is 54.1 Å². The summed E-state index contributed by atoms with van der Waals surface area (Å²) >= 11 is 0. The molecule has 0 fully saturated rings. The fourth-order valence-corrected chi connectivity index (χ4v) is 9.78. The molecule has 1 unspecified atom stereocenters. The molecule has 0 aromatic heterocycles. The monoisotopic (exact) mass is 523 g/mol. The molecule has 0 bridgehead atoms. The van der Waals surface area contributed by atoms with Gasteiger partial charge in [-0.3, -0.25) is 0 Å². The Bertz CT molecular complexity index is 1480. The average molecular weight is 524 g/mol. The van der Waals surface area contributed by atoms with Crippen LogP contribution >= 0.6 is 0 Å². The van der Waals surface area contributed by atoms with Gasteiger partial charge in [0.1, 0.15) is 16.4 Å². The smallest absolute Gasteiger partial charge is 0.182 e. The van der Waals surface area contributed by atoms with Gasteiger partial charge in [-0.25, -0.2) is 8.42 Å². The number of methoxy groups -OCH3 is 2. The van der Waals surface area contributed by atoms with Crippen molar-refractivity contribution < 1.29 is 22.4 Å². The molecule has 0 N–H and O–H groups in total. The van der Waals surface area contributed by atoms with Crippen LogP contribution in [0.15, 0.2) is 87.0 Å². The largest absolute Gasteiger partial charge is 0.626 e. The summed E-state index contributed by atoms with van der Waals surface area (Å²) in [6, 6.07) is 17.6. The van der Waals surface area contributed by atoms with Crippen LogP contribution in [0.5, 0.6) is 11.5 Å². The van der Waals surface area contributed by atoms with E-state index in [0.29, 0.717) is 34.9 Å². The van der Waals surface area contributed by atoms with Crippen LogP contribution in [-0.4, -0.2) is 38.2 Å². The maximum Gasteiger partial charge on any atom is 0.182 e. The molecule has 0 spiro atoms. The van der Waals surface area contributed by atoms with Gasteiger partial charge in [0.15, 0.2) is 21.3 Å². The van der Waals surface area contributed by atoms with Crippen LogP contribution in [0.4, 0.5) is 5.69 Å². The lowest BCUT2D eigenvalue weighted by Crippen LogP contribution is -2.37. The zero-order valence-corrected chi connectivity index (χ0v) is 22.1. The van der Waals surface area contributed by atoms with E-state index in [1.165, 1.54) is 0 Å². The average Bonchev–Trinajstić information content (AvgIpc) is 2.88. The highest BCUT2D eigenvalue weighted by Gasteiger charge is 2.46. The third-order valence-electron chi connectivity index (χ3n) is 7.06. The van der Waals surface area contributed by atoms with E-state index in [9.17, 15) is 13.0 Å². The molecule has 1 aliphatic heterocycles. The number of ether oxygens (including phenoxy) is 2. The van der Waals surface area contributed by atoms with Crippen molar-refractivity contribution in [3.63, 3.8) is 0 Å². The molecular formula is C28H29NO5S2. The van der Waals surface area contributed by atoms with Gasteiger partial charge in [0, 0.05) is 22.6 Å². The van der Waals surface area contributed by atoms with E-state index in [-0.39, 0.29) is 10.6 Å². The molecule has 2 aliphatic rings. The minimum Gasteiger partial charge on any atom is -0.626 e. The third-order valence-corrected chi connectivity index (χ3v) is 11.6. The molecule has 0 saturated carbocycles. The molecule has 0 saturated heterocycles. The summed E-state index contributed by atoms with van der Waals surface area (Å²) in [5.41, 5.74) is 2.86. The van der Waals surface area contributed by atoms with Crippen molar-refractivity contribution in [3.8, 4) is 11.5 Å². The van der Waals surface area contributed by atoms with E-state index in [1.807, 2.05) is 37.3 Å². The van der Waals surface area contributed by atoms with Gasteiger partial charge in [-0.15, -0.1) is 0 Å². The van der Waals surface area contributed by atoms with Crippen molar-refractivity contribution in [2.45, 2.75) is 40.7 Å². The van der Waals surface area contributed by atoms with Gasteiger partial charge in [0.05, 0.1) is 24.4 Å². The first-order valence-corrected chi connectivity index (χ1v) is 15.1. The highest BCUT2D eigenvalue weighted by atomic mass is 32.3. The Hall–Kier alpha value is -2.94. The Morgan fingerprint density at radius 3 is 2.22 bits per heavy atom. The molecule has 5 rings (SSSR count). The molecule has 0 radical (unpaired) electrons. The Balaban J connectivity index is 1.85. The fourth-order valence-electron chi connectivity index (χ4n) is 5.42. The molecule has 36 heavy (non-hydrogen) atoms. The van der Waals surface area contributed by atoms with Crippen molar-refractivity contribution >= 4 is 25.6 Å². The number of hydrogen-bond acceptors (Lipinski definition) is 6. The van der Waals surface area contributed by atoms with Crippen LogP contribution in [0, 0.1) is 6.92 Å². The van der Waals surface area contributed by atoms with Gasteiger partial charge in [0.25, 0.3) is 0 Å². The Kier molecular flexibility index (Phi) is 6.53. The molecular weight excluding hydrogens is 494 g/mol. The second kappa shape index (κ2) is 9.50. The third kappa shape index (κ3) is 3.97. The van der Waals surface area contributed by atoms with Crippen LogP contribution in [0.3, 0.4) is 0 Å². The van der Waals surface area contributed by atoms with E-state index in [4.69, 9.17) is 13.8 Å². The van der Waals surface area contributed by atoms with E-state index < -0.39 is 31.1 Å². The summed E-state index contributed by atoms with van der Waals surface area (Å²) < 4.78 is 59.1. The number of benzene rings is 3. The number of allylic oxidation sites excluding steroid dienone is 2. The summed E-state index contributed by atoms with van der Waals surface area (Å²) in [6.07, 6.45) is 4.77. The predicted molar refractivity (Wildman–Crippen MR) is 142 cm³/mol. The summed E-state index contributed by atoms with van der Waals surface area (Å²) in [6.45, 7) is 1.89. The molecule has 6 nitrogen and oxygen atoms in total. The van der Waals surface area contributed by atoms with Crippen molar-refractivity contribution in [3.05, 3.63) is 89.5 Å². The highest BCUT2D eigenvalue weighted by Crippen LogP contribution is 2.54. The Labute approximate surface area is 213 Å². The zero-order chi connectivity index (χ0) is 25.5. The molecule has 1 aliphatic carbocycles. The second-order valence-electron chi connectivity index (χ2n) is 9.06. The predicted octanol–water partition coefficient (Wildman–Crippen LogP) is 5.61. The van der Waals surface area contributed by atoms with E-state index >= 15 is 0 Å². The lowest BCUT2D eigenvalue weighted by Gasteiger charge is -2.38. The van der Waals surface area contributed by atoms with Crippen molar-refractivity contribution in [2.24, 2.45) is 4.36 Å². The number of sulfone groups is 1. The molecule has 3 atom stereocenters. The van der Waals surface area contributed by atoms with Crippen molar-refractivity contribution in [2.75, 3.05) is 20.0 Å². The van der Waals surface area contributed by atoms with E-state index in [1.54, 1.807) is 56.7 Å². The van der Waals surface area contributed by atoms with Crippen molar-refractivity contribution in [1.82, 2.24) is 0 Å². The molecule has 3 aromatic carbocycles. The van der Waals surface area contributed by atoms with Gasteiger partial charge in [-0.2, -0.15) is 0 Å². The molecule has 8 heteroatoms. The number of nitrogens with zero attached hydrogens (tertiary/aromatic N) is 1. The quantitative estimate of drug-likeness (QED) is 0.320. The Morgan fingerprint density at radius 1 is 0.944 bits per heavy atom. The van der Waals surface area contributed by atoms with Crippen LogP contribution in [-0.2, 0) is 26.4 Å². The van der Waals surface area contributed by atoms with E-state index in [2.05, 4.69) is 0 Å². The van der Waals surface area contributed by atoms with Crippen LogP contribution < -0.4 is 9.47 Å². The maximum absolute atomic E-state index is 14.5. The first-order chi connectivity index (χ1) is 17.3. The molecule has 0 amide bonds. The molecule has 3 aromatic rings. The highest BCUT2D eigenvalue weighted by molar-refractivity contribution is 8.00. The Morgan fingerprint density at radius 2 is 1.58 bits per heavy atom. The van der Waals surface area contributed by atoms with Gasteiger partial charge < -0.3 is 14.0 Å². The summed E-state index contributed by atoms with van der Waals surface area (Å²) in [4.78, 5) is 0.841. The SMILES string of the molecule is COc1c(C)c(OC)c2c3c1C/C=C\C[C@@H](S(=O)(=O)c1ccccc1)[C@@H]3C[S+]([O-])(c1ccccc1)=N2. The van der Waals surface area contributed by atoms with Gasteiger partial charge in [0.2, 0.25) is 0 Å². The maximum atomic E-state index is 14.5.